The molecule has 0 amide bonds. The maximum Gasteiger partial charge on any atom is 0.134 e. The number of allylic oxidation sites excluding steroid dienone is 1. The Balaban J connectivity index is 3.02. The first-order valence-corrected chi connectivity index (χ1v) is 10.5. The number of benzene rings is 1. The molecule has 0 saturated carbocycles. The molecule has 1 aromatic carbocycles. The highest BCUT2D eigenvalue weighted by atomic mass is 16.6. The van der Waals surface area contributed by atoms with Crippen molar-refractivity contribution in [2.45, 2.75) is 65.6 Å². The lowest BCUT2D eigenvalue weighted by molar-refractivity contribution is 0.0538. The summed E-state index contributed by atoms with van der Waals surface area (Å²) >= 11 is 0. The Bertz CT molecular complexity index is 761. The Hall–Kier alpha value is -2.71. The number of oxime groups is 1. The first-order valence-electron chi connectivity index (χ1n) is 10.5. The van der Waals surface area contributed by atoms with Crippen molar-refractivity contribution in [2.24, 2.45) is 11.1 Å². The summed E-state index contributed by atoms with van der Waals surface area (Å²) in [7, 11) is 0. The quantitative estimate of drug-likeness (QED) is 0.183. The van der Waals surface area contributed by atoms with Crippen LogP contribution in [0.15, 0.2) is 42.1 Å². The SMILES string of the molecule is C#CC(/C=C\C)CO/N=C(\CCCC)Cc1cc(O)cc(O)c1COC(C)CC=C. The molecule has 0 aliphatic heterocycles. The average Bonchev–Trinajstić information content (AvgIpc) is 2.70. The molecule has 0 spiro atoms. The number of hydrogen-bond donors (Lipinski definition) is 2. The van der Waals surface area contributed by atoms with Crippen LogP contribution in [0.2, 0.25) is 0 Å². The van der Waals surface area contributed by atoms with Crippen LogP contribution in [0.4, 0.5) is 0 Å². The summed E-state index contributed by atoms with van der Waals surface area (Å²) in [5, 5.41) is 24.7. The summed E-state index contributed by atoms with van der Waals surface area (Å²) in [6.07, 6.45) is 15.0. The molecule has 0 saturated heterocycles. The molecule has 1 aromatic rings. The molecule has 0 aromatic heterocycles. The molecular formula is C25H35NO4. The van der Waals surface area contributed by atoms with E-state index in [9.17, 15) is 10.2 Å². The number of unbranched alkanes of at least 4 members (excludes halogenated alkanes) is 1. The average molecular weight is 414 g/mol. The van der Waals surface area contributed by atoms with Gasteiger partial charge in [0.1, 0.15) is 18.1 Å². The second-order valence-corrected chi connectivity index (χ2v) is 7.28. The smallest absolute Gasteiger partial charge is 0.134 e. The zero-order valence-corrected chi connectivity index (χ0v) is 18.4. The van der Waals surface area contributed by atoms with Gasteiger partial charge in [-0.3, -0.25) is 0 Å². The Morgan fingerprint density at radius 1 is 1.37 bits per heavy atom. The molecule has 0 bridgehead atoms. The van der Waals surface area contributed by atoms with Crippen LogP contribution in [0.5, 0.6) is 11.5 Å². The number of phenols is 2. The summed E-state index contributed by atoms with van der Waals surface area (Å²) in [6.45, 7) is 10.2. The van der Waals surface area contributed by atoms with E-state index >= 15 is 0 Å². The number of ether oxygens (including phenoxy) is 1. The van der Waals surface area contributed by atoms with Crippen molar-refractivity contribution in [1.29, 1.82) is 0 Å². The van der Waals surface area contributed by atoms with Gasteiger partial charge in [0.2, 0.25) is 0 Å². The minimum atomic E-state index is -0.133. The largest absolute Gasteiger partial charge is 0.508 e. The lowest BCUT2D eigenvalue weighted by atomic mass is 9.98. The van der Waals surface area contributed by atoms with Crippen molar-refractivity contribution in [1.82, 2.24) is 0 Å². The molecule has 1 rings (SSSR count). The highest BCUT2D eigenvalue weighted by Crippen LogP contribution is 2.29. The molecule has 164 valence electrons. The molecule has 2 unspecified atom stereocenters. The minimum Gasteiger partial charge on any atom is -0.508 e. The minimum absolute atomic E-state index is 0.00151. The Labute approximate surface area is 181 Å². The fourth-order valence-electron chi connectivity index (χ4n) is 2.92. The van der Waals surface area contributed by atoms with Crippen LogP contribution in [0.3, 0.4) is 0 Å². The van der Waals surface area contributed by atoms with E-state index in [4.69, 9.17) is 16.0 Å². The lowest BCUT2D eigenvalue weighted by Gasteiger charge is -2.16. The molecule has 2 atom stereocenters. The maximum absolute atomic E-state index is 10.4. The highest BCUT2D eigenvalue weighted by Gasteiger charge is 2.15. The van der Waals surface area contributed by atoms with Gasteiger partial charge in [-0.15, -0.1) is 13.0 Å². The van der Waals surface area contributed by atoms with Crippen LogP contribution in [0.25, 0.3) is 0 Å². The second-order valence-electron chi connectivity index (χ2n) is 7.28. The van der Waals surface area contributed by atoms with Gasteiger partial charge < -0.3 is 19.8 Å². The molecule has 5 nitrogen and oxygen atoms in total. The highest BCUT2D eigenvalue weighted by molar-refractivity contribution is 5.86. The van der Waals surface area contributed by atoms with Crippen LogP contribution in [-0.2, 0) is 22.6 Å². The van der Waals surface area contributed by atoms with Crippen LogP contribution >= 0.6 is 0 Å². The van der Waals surface area contributed by atoms with Crippen molar-refractivity contribution in [3.05, 3.63) is 48.1 Å². The summed E-state index contributed by atoms with van der Waals surface area (Å²) in [6, 6.07) is 2.97. The monoisotopic (exact) mass is 413 g/mol. The molecular weight excluding hydrogens is 378 g/mol. The normalized spacial score (nSPS) is 13.7. The topological polar surface area (TPSA) is 71.3 Å². The zero-order valence-electron chi connectivity index (χ0n) is 18.4. The number of aromatic hydroxyl groups is 2. The van der Waals surface area contributed by atoms with Gasteiger partial charge in [-0.1, -0.05) is 42.6 Å². The summed E-state index contributed by atoms with van der Waals surface area (Å²) in [5.41, 5.74) is 2.24. The van der Waals surface area contributed by atoms with Gasteiger partial charge in [0.15, 0.2) is 0 Å². The second kappa shape index (κ2) is 14.3. The summed E-state index contributed by atoms with van der Waals surface area (Å²) in [4.78, 5) is 5.53. The third kappa shape index (κ3) is 9.19. The molecule has 2 N–H and O–H groups in total. The molecule has 5 heteroatoms. The number of phenolic OH excluding ortho intramolecular Hbond substituents is 2. The number of hydrogen-bond acceptors (Lipinski definition) is 5. The van der Waals surface area contributed by atoms with Crippen molar-refractivity contribution in [3.8, 4) is 23.8 Å². The van der Waals surface area contributed by atoms with Crippen LogP contribution in [0.1, 0.15) is 57.6 Å². The lowest BCUT2D eigenvalue weighted by Crippen LogP contribution is -2.11. The predicted octanol–water partition coefficient (Wildman–Crippen LogP) is 5.51. The van der Waals surface area contributed by atoms with Crippen molar-refractivity contribution < 1.29 is 19.8 Å². The standard InChI is InChI=1S/C25H35NO4/c1-6-10-13-22(26-30-17-20(9-4)12-8-3)14-21-15-23(27)16-25(28)24(21)18-29-19(5)11-7-2/h4,7-8,12,15-16,19-20,27-28H,2,6,10-11,13-14,17-18H2,1,3,5H3/b12-8-,26-22+. The van der Waals surface area contributed by atoms with E-state index in [2.05, 4.69) is 24.6 Å². The zero-order chi connectivity index (χ0) is 22.4. The Morgan fingerprint density at radius 3 is 2.77 bits per heavy atom. The van der Waals surface area contributed by atoms with E-state index in [0.29, 0.717) is 25.0 Å². The van der Waals surface area contributed by atoms with E-state index in [-0.39, 0.29) is 30.1 Å². The van der Waals surface area contributed by atoms with E-state index in [0.717, 1.165) is 30.5 Å². The molecule has 0 heterocycles. The number of terminal acetylenes is 1. The van der Waals surface area contributed by atoms with Gasteiger partial charge in [0.05, 0.1) is 24.3 Å². The molecule has 0 aliphatic rings. The van der Waals surface area contributed by atoms with Gasteiger partial charge in [-0.2, -0.15) is 0 Å². The third-order valence-electron chi connectivity index (χ3n) is 4.61. The van der Waals surface area contributed by atoms with Gasteiger partial charge in [-0.25, -0.2) is 0 Å². The van der Waals surface area contributed by atoms with Crippen LogP contribution in [0, 0.1) is 18.3 Å². The molecule has 0 fully saturated rings. The van der Waals surface area contributed by atoms with Gasteiger partial charge in [0.25, 0.3) is 0 Å². The van der Waals surface area contributed by atoms with E-state index in [1.807, 2.05) is 26.0 Å². The van der Waals surface area contributed by atoms with E-state index < -0.39 is 0 Å². The summed E-state index contributed by atoms with van der Waals surface area (Å²) in [5.74, 6) is 2.54. The van der Waals surface area contributed by atoms with Gasteiger partial charge >= 0.3 is 0 Å². The van der Waals surface area contributed by atoms with Crippen LogP contribution < -0.4 is 0 Å². The number of rotatable bonds is 14. The third-order valence-corrected chi connectivity index (χ3v) is 4.61. The summed E-state index contributed by atoms with van der Waals surface area (Å²) < 4.78 is 5.83. The van der Waals surface area contributed by atoms with E-state index in [1.165, 1.54) is 6.07 Å². The maximum atomic E-state index is 10.4. The predicted molar refractivity (Wildman–Crippen MR) is 123 cm³/mol. The Kier molecular flexibility index (Phi) is 12.1. The van der Waals surface area contributed by atoms with Crippen molar-refractivity contribution in [2.75, 3.05) is 6.61 Å². The molecule has 0 aliphatic carbocycles. The molecule has 0 radical (unpaired) electrons. The van der Waals surface area contributed by atoms with Crippen molar-refractivity contribution >= 4 is 5.71 Å². The fraction of sp³-hybridized carbons (Fsp3) is 0.480. The van der Waals surface area contributed by atoms with Gasteiger partial charge in [-0.05, 0) is 44.7 Å². The van der Waals surface area contributed by atoms with Gasteiger partial charge in [0, 0.05) is 18.1 Å². The van der Waals surface area contributed by atoms with Crippen molar-refractivity contribution in [3.63, 3.8) is 0 Å². The molecule has 30 heavy (non-hydrogen) atoms. The number of nitrogens with zero attached hydrogens (tertiary/aromatic N) is 1. The Morgan fingerprint density at radius 2 is 2.13 bits per heavy atom. The van der Waals surface area contributed by atoms with E-state index in [1.54, 1.807) is 12.1 Å². The fourth-order valence-corrected chi connectivity index (χ4v) is 2.92. The first kappa shape index (κ1) is 25.3. The van der Waals surface area contributed by atoms with Crippen LogP contribution in [-0.4, -0.2) is 28.6 Å². The first-order chi connectivity index (χ1) is 14.4.